The van der Waals surface area contributed by atoms with E-state index in [1.54, 1.807) is 7.11 Å². The third-order valence-electron chi connectivity index (χ3n) is 2.16. The fourth-order valence-corrected chi connectivity index (χ4v) is 1.47. The molecule has 0 bridgehead atoms. The molecule has 6 heteroatoms. The molecule has 0 aliphatic carbocycles. The summed E-state index contributed by atoms with van der Waals surface area (Å²) >= 11 is 0. The first-order valence-electron chi connectivity index (χ1n) is 4.63. The van der Waals surface area contributed by atoms with E-state index in [1.165, 1.54) is 0 Å². The van der Waals surface area contributed by atoms with Gasteiger partial charge in [-0.1, -0.05) is 0 Å². The summed E-state index contributed by atoms with van der Waals surface area (Å²) in [6.07, 6.45) is -1.95. The molecule has 2 unspecified atom stereocenters. The average Bonchev–Trinajstić information content (AvgIpc) is 2.33. The summed E-state index contributed by atoms with van der Waals surface area (Å²) < 4.78 is 15.5. The van der Waals surface area contributed by atoms with Crippen molar-refractivity contribution in [3.63, 3.8) is 0 Å². The molecule has 1 rings (SSSR count). The molecular formula is C9H16BO4Os. The molecule has 0 aromatic heterocycles. The third-order valence-corrected chi connectivity index (χ3v) is 2.16. The van der Waals surface area contributed by atoms with E-state index in [9.17, 15) is 5.11 Å². The van der Waals surface area contributed by atoms with E-state index in [-0.39, 0.29) is 25.9 Å². The van der Waals surface area contributed by atoms with Crippen LogP contribution in [-0.4, -0.2) is 57.1 Å². The average molecular weight is 389 g/mol. The molecule has 1 fully saturated rings. The van der Waals surface area contributed by atoms with Crippen LogP contribution in [0.3, 0.4) is 0 Å². The van der Waals surface area contributed by atoms with E-state index in [0.717, 1.165) is 0 Å². The molecule has 0 amide bonds. The summed E-state index contributed by atoms with van der Waals surface area (Å²) in [5, 5.41) is 9.61. The van der Waals surface area contributed by atoms with Crippen LogP contribution in [0.15, 0.2) is 0 Å². The standard InChI is InChI=1S/C9H16BO4.Os/c1-5(4-12-3)13-8-7(11)6(2)14-9(8)10;/h5-9,11H,2,4H2,1,3H3;/q-1;+1/t5-,6+,7?,8?,9+;/m0./s1. The van der Waals surface area contributed by atoms with Gasteiger partial charge >= 0.3 is 19.8 Å². The molecule has 0 aromatic rings. The smallest absolute Gasteiger partial charge is 0.411 e. The maximum Gasteiger partial charge on any atom is 1.00 e. The van der Waals surface area contributed by atoms with Crippen molar-refractivity contribution >= 4 is 7.85 Å². The van der Waals surface area contributed by atoms with Gasteiger partial charge in [0.1, 0.15) is 14.0 Å². The number of aliphatic hydroxyl groups excluding tert-OH is 1. The molecule has 0 aromatic carbocycles. The predicted molar refractivity (Wildman–Crippen MR) is 52.0 cm³/mol. The molecule has 15 heavy (non-hydrogen) atoms. The van der Waals surface area contributed by atoms with Crippen molar-refractivity contribution in [2.75, 3.05) is 13.7 Å². The summed E-state index contributed by atoms with van der Waals surface area (Å²) in [5.41, 5.74) is 0. The summed E-state index contributed by atoms with van der Waals surface area (Å²) in [6.45, 7) is 5.91. The van der Waals surface area contributed by atoms with E-state index in [2.05, 4.69) is 6.92 Å². The van der Waals surface area contributed by atoms with Crippen molar-refractivity contribution in [3.8, 4) is 0 Å². The Morgan fingerprint density at radius 1 is 1.60 bits per heavy atom. The Labute approximate surface area is 105 Å². The van der Waals surface area contributed by atoms with Gasteiger partial charge in [-0.2, -0.15) is 0 Å². The normalized spacial score (nSPS) is 37.3. The van der Waals surface area contributed by atoms with Crippen LogP contribution in [0.4, 0.5) is 0 Å². The van der Waals surface area contributed by atoms with Crippen LogP contribution in [0.1, 0.15) is 6.92 Å². The first-order chi connectivity index (χ1) is 6.56. The zero-order valence-corrected chi connectivity index (χ0v) is 11.4. The van der Waals surface area contributed by atoms with Crippen LogP contribution in [0.5, 0.6) is 0 Å². The molecule has 1 aliphatic heterocycles. The fraction of sp³-hybridized carbons (Fsp3) is 0.889. The van der Waals surface area contributed by atoms with Gasteiger partial charge in [-0.05, 0) is 13.0 Å². The van der Waals surface area contributed by atoms with Crippen molar-refractivity contribution in [1.29, 1.82) is 0 Å². The quantitative estimate of drug-likeness (QED) is 0.520. The molecule has 3 radical (unpaired) electrons. The van der Waals surface area contributed by atoms with E-state index in [4.69, 9.17) is 22.1 Å². The van der Waals surface area contributed by atoms with Gasteiger partial charge in [0.05, 0.1) is 18.8 Å². The summed E-state index contributed by atoms with van der Waals surface area (Å²) in [7, 11) is 7.21. The number of ether oxygens (including phenoxy) is 3. The number of rotatable bonds is 4. The SMILES string of the molecule is [B][C@@H]1O[C@H]([CH2-])C(O)C1O[C@@H](C)COC.[Os+]. The molecular weight excluding hydrogens is 373 g/mol. The van der Waals surface area contributed by atoms with E-state index >= 15 is 0 Å². The number of hydrogen-bond donors (Lipinski definition) is 1. The predicted octanol–water partition coefficient (Wildman–Crippen LogP) is -0.508. The molecule has 4 nitrogen and oxygen atoms in total. The molecule has 1 saturated heterocycles. The first kappa shape index (κ1) is 15.5. The largest absolute Gasteiger partial charge is 1.00 e. The van der Waals surface area contributed by atoms with Gasteiger partial charge in [0, 0.05) is 13.1 Å². The van der Waals surface area contributed by atoms with E-state index < -0.39 is 24.3 Å². The van der Waals surface area contributed by atoms with Gasteiger partial charge in [-0.25, -0.2) is 0 Å². The van der Waals surface area contributed by atoms with Crippen molar-refractivity contribution in [3.05, 3.63) is 6.92 Å². The zero-order valence-electron chi connectivity index (χ0n) is 8.90. The van der Waals surface area contributed by atoms with Crippen molar-refractivity contribution < 1.29 is 39.1 Å². The first-order valence-corrected chi connectivity index (χ1v) is 4.63. The number of aliphatic hydroxyl groups is 1. The molecule has 87 valence electrons. The molecule has 1 aliphatic rings. The number of methoxy groups -OCH3 is 1. The monoisotopic (exact) mass is 391 g/mol. The Kier molecular flexibility index (Phi) is 7.23. The molecule has 0 spiro atoms. The van der Waals surface area contributed by atoms with Gasteiger partial charge in [-0.15, -0.1) is 0 Å². The van der Waals surface area contributed by atoms with Gasteiger partial charge in [0.2, 0.25) is 0 Å². The minimum Gasteiger partial charge on any atom is -0.411 e. The van der Waals surface area contributed by atoms with Gasteiger partial charge < -0.3 is 26.2 Å². The van der Waals surface area contributed by atoms with Gasteiger partial charge in [0.25, 0.3) is 0 Å². The summed E-state index contributed by atoms with van der Waals surface area (Å²) in [5.74, 6) is 0. The molecule has 1 heterocycles. The summed E-state index contributed by atoms with van der Waals surface area (Å²) in [6, 6.07) is -0.619. The molecule has 1 N–H and O–H groups in total. The number of hydrogen-bond acceptors (Lipinski definition) is 4. The van der Waals surface area contributed by atoms with Crippen LogP contribution in [-0.2, 0) is 34.0 Å². The third kappa shape index (κ3) is 4.13. The van der Waals surface area contributed by atoms with Crippen molar-refractivity contribution in [1.82, 2.24) is 0 Å². The minimum atomic E-state index is -0.774. The molecule has 0 saturated carbocycles. The topological polar surface area (TPSA) is 47.9 Å². The minimum absolute atomic E-state index is 0. The second kappa shape index (κ2) is 6.98. The van der Waals surface area contributed by atoms with Gasteiger partial charge in [-0.3, -0.25) is 0 Å². The van der Waals surface area contributed by atoms with Gasteiger partial charge in [0.15, 0.2) is 0 Å². The zero-order chi connectivity index (χ0) is 10.7. The van der Waals surface area contributed by atoms with Crippen LogP contribution in [0, 0.1) is 6.92 Å². The van der Waals surface area contributed by atoms with E-state index in [1.807, 2.05) is 6.92 Å². The maximum absolute atomic E-state index is 9.61. The van der Waals surface area contributed by atoms with Crippen LogP contribution in [0.2, 0.25) is 0 Å². The Morgan fingerprint density at radius 2 is 2.20 bits per heavy atom. The Morgan fingerprint density at radius 3 is 2.60 bits per heavy atom. The second-order valence-electron chi connectivity index (χ2n) is 3.50. The van der Waals surface area contributed by atoms with Crippen LogP contribution >= 0.6 is 0 Å². The van der Waals surface area contributed by atoms with Crippen molar-refractivity contribution in [2.45, 2.75) is 37.3 Å². The van der Waals surface area contributed by atoms with Crippen molar-refractivity contribution in [2.24, 2.45) is 0 Å². The maximum atomic E-state index is 9.61. The Balaban J connectivity index is 0.00000196. The van der Waals surface area contributed by atoms with Crippen LogP contribution < -0.4 is 0 Å². The molecule has 5 atom stereocenters. The Hall–Kier alpha value is 0.541. The Bertz CT molecular complexity index is 183. The van der Waals surface area contributed by atoms with E-state index in [0.29, 0.717) is 6.61 Å². The second-order valence-corrected chi connectivity index (χ2v) is 3.50. The van der Waals surface area contributed by atoms with Crippen LogP contribution in [0.25, 0.3) is 0 Å². The summed E-state index contributed by atoms with van der Waals surface area (Å²) in [4.78, 5) is 0. The fourth-order valence-electron chi connectivity index (χ4n) is 1.47.